The number of aliphatic hydroxyl groups is 3. The van der Waals surface area contributed by atoms with Gasteiger partial charge < -0.3 is 35.6 Å². The third-order valence-corrected chi connectivity index (χ3v) is 8.46. The van der Waals surface area contributed by atoms with E-state index in [1.165, 1.54) is 32.0 Å². The molecule has 3 aliphatic rings. The van der Waals surface area contributed by atoms with Gasteiger partial charge in [0.25, 0.3) is 5.91 Å². The number of nitrogens with two attached hydrogens (primary N) is 1. The average Bonchev–Trinajstić information content (AvgIpc) is 2.90. The van der Waals surface area contributed by atoms with Crippen LogP contribution in [0, 0.1) is 17.8 Å². The standard InChI is InChI=1S/C30H38N2O10/c1-6-17(34)42-26-19-15(12-41-11-10-13(2)3)14-8-7-9-16(33)18(14)24(35)20(19)27(37)30(40)22(26)23(32(4)5)25(36)21(28(30)38)29(31)39/h7-9,13,15,19,22-23,26,33,35,38,40H,6,10-12H2,1-5H3,(H2,31,39)/t15-,19+,22+,23?,26-,30-/m0/s1. The third kappa shape index (κ3) is 4.77. The number of Topliss-reactive ketones (excluding diaryl/α,β-unsaturated/α-hetero) is 2. The van der Waals surface area contributed by atoms with Gasteiger partial charge in [0, 0.05) is 30.4 Å². The monoisotopic (exact) mass is 586 g/mol. The van der Waals surface area contributed by atoms with Crippen LogP contribution in [0.25, 0.3) is 5.76 Å². The Hall–Kier alpha value is -3.74. The number of likely N-dealkylation sites (N-methyl/N-ethyl adjacent to an activating group) is 1. The molecule has 0 bridgehead atoms. The van der Waals surface area contributed by atoms with Crippen molar-refractivity contribution in [2.24, 2.45) is 23.5 Å². The normalized spacial score (nSPS) is 29.0. The number of ketones is 2. The van der Waals surface area contributed by atoms with Gasteiger partial charge >= 0.3 is 5.97 Å². The molecule has 6 atom stereocenters. The SMILES string of the molecule is CCC(=O)O[C@H]1[C@H]2C(=C(O)c3c(O)cccc3[C@@H]2COCCC(C)C)C(=O)[C@]2(O)C(O)=C(C(N)=O)C(=O)C(N(C)C)[C@H]12. The fourth-order valence-electron chi connectivity index (χ4n) is 6.47. The van der Waals surface area contributed by atoms with Crippen molar-refractivity contribution in [1.82, 2.24) is 4.90 Å². The molecule has 6 N–H and O–H groups in total. The second-order valence-electron chi connectivity index (χ2n) is 11.7. The molecule has 0 heterocycles. The minimum atomic E-state index is -2.99. The van der Waals surface area contributed by atoms with Crippen LogP contribution in [0.15, 0.2) is 35.1 Å². The van der Waals surface area contributed by atoms with Crippen molar-refractivity contribution in [3.05, 3.63) is 46.2 Å². The van der Waals surface area contributed by atoms with Gasteiger partial charge in [0.1, 0.15) is 28.9 Å². The summed E-state index contributed by atoms with van der Waals surface area (Å²) in [5.74, 6) is -9.82. The highest BCUT2D eigenvalue weighted by Crippen LogP contribution is 2.57. The molecule has 3 aliphatic carbocycles. The Morgan fingerprint density at radius 3 is 2.38 bits per heavy atom. The first-order valence-electron chi connectivity index (χ1n) is 13.9. The van der Waals surface area contributed by atoms with Gasteiger partial charge in [-0.2, -0.15) is 0 Å². The summed E-state index contributed by atoms with van der Waals surface area (Å²) in [6, 6.07) is 3.07. The molecular formula is C30H38N2O10. The number of aliphatic hydroxyl groups excluding tert-OH is 2. The van der Waals surface area contributed by atoms with Crippen molar-refractivity contribution < 1.29 is 49.1 Å². The van der Waals surface area contributed by atoms with Crippen LogP contribution in [0.2, 0.25) is 0 Å². The molecule has 1 saturated carbocycles. The number of esters is 1. The predicted octanol–water partition coefficient (Wildman–Crippen LogP) is 1.50. The molecule has 4 rings (SSSR count). The van der Waals surface area contributed by atoms with Gasteiger partial charge in [-0.1, -0.05) is 32.9 Å². The highest BCUT2D eigenvalue weighted by molar-refractivity contribution is 6.24. The molecule has 0 aromatic heterocycles. The fourth-order valence-corrected chi connectivity index (χ4v) is 6.47. The van der Waals surface area contributed by atoms with E-state index >= 15 is 0 Å². The summed E-state index contributed by atoms with van der Waals surface area (Å²) < 4.78 is 11.9. The number of phenols is 1. The number of aromatic hydroxyl groups is 1. The number of phenolic OH excluding ortho intramolecular Hbond substituents is 1. The molecule has 0 radical (unpaired) electrons. The number of benzene rings is 1. The van der Waals surface area contributed by atoms with Crippen molar-refractivity contribution in [1.29, 1.82) is 0 Å². The molecule has 12 nitrogen and oxygen atoms in total. The minimum Gasteiger partial charge on any atom is -0.508 e. The number of hydrogen-bond donors (Lipinski definition) is 5. The van der Waals surface area contributed by atoms with Gasteiger partial charge in [-0.3, -0.25) is 24.1 Å². The van der Waals surface area contributed by atoms with Crippen molar-refractivity contribution in [2.75, 3.05) is 27.3 Å². The zero-order chi connectivity index (χ0) is 31.3. The van der Waals surface area contributed by atoms with E-state index in [4.69, 9.17) is 15.2 Å². The van der Waals surface area contributed by atoms with E-state index in [0.717, 1.165) is 6.42 Å². The number of primary amides is 1. The van der Waals surface area contributed by atoms with E-state index in [0.29, 0.717) is 18.1 Å². The van der Waals surface area contributed by atoms with Gasteiger partial charge in [-0.25, -0.2) is 0 Å². The van der Waals surface area contributed by atoms with E-state index in [2.05, 4.69) is 0 Å². The largest absolute Gasteiger partial charge is 0.508 e. The van der Waals surface area contributed by atoms with Crippen LogP contribution in [0.5, 0.6) is 5.75 Å². The molecular weight excluding hydrogens is 548 g/mol. The molecule has 1 fully saturated rings. The molecule has 42 heavy (non-hydrogen) atoms. The van der Waals surface area contributed by atoms with Crippen LogP contribution in [0.3, 0.4) is 0 Å². The summed E-state index contributed by atoms with van der Waals surface area (Å²) in [5, 5.41) is 45.6. The van der Waals surface area contributed by atoms with Gasteiger partial charge in [-0.05, 0) is 38.1 Å². The van der Waals surface area contributed by atoms with Crippen molar-refractivity contribution in [3.63, 3.8) is 0 Å². The van der Waals surface area contributed by atoms with E-state index in [1.807, 2.05) is 13.8 Å². The Morgan fingerprint density at radius 1 is 1.14 bits per heavy atom. The number of rotatable bonds is 9. The Kier molecular flexibility index (Phi) is 8.55. The Labute approximate surface area is 243 Å². The van der Waals surface area contributed by atoms with E-state index in [9.17, 15) is 39.6 Å². The van der Waals surface area contributed by atoms with Crippen LogP contribution in [0.4, 0.5) is 0 Å². The van der Waals surface area contributed by atoms with Gasteiger partial charge in [0.15, 0.2) is 11.4 Å². The molecule has 228 valence electrons. The van der Waals surface area contributed by atoms with Gasteiger partial charge in [0.2, 0.25) is 5.78 Å². The molecule has 1 aromatic rings. The lowest BCUT2D eigenvalue weighted by molar-refractivity contribution is -0.186. The lowest BCUT2D eigenvalue weighted by Crippen LogP contribution is -2.71. The number of amides is 1. The third-order valence-electron chi connectivity index (χ3n) is 8.46. The maximum absolute atomic E-state index is 14.4. The number of fused-ring (bicyclic) bond motifs is 3. The topological polar surface area (TPSA) is 197 Å². The molecule has 0 spiro atoms. The Morgan fingerprint density at radius 2 is 1.81 bits per heavy atom. The van der Waals surface area contributed by atoms with Crippen LogP contribution >= 0.6 is 0 Å². The number of carbonyl (C=O) groups excluding carboxylic acids is 4. The fraction of sp³-hybridized carbons (Fsp3) is 0.533. The van der Waals surface area contributed by atoms with Crippen molar-refractivity contribution in [3.8, 4) is 5.75 Å². The second kappa shape index (κ2) is 11.5. The lowest BCUT2D eigenvalue weighted by Gasteiger charge is -2.54. The molecule has 0 saturated heterocycles. The van der Waals surface area contributed by atoms with Crippen molar-refractivity contribution in [2.45, 2.75) is 57.3 Å². The van der Waals surface area contributed by atoms with Gasteiger partial charge in [0.05, 0.1) is 24.1 Å². The second-order valence-corrected chi connectivity index (χ2v) is 11.7. The summed E-state index contributed by atoms with van der Waals surface area (Å²) in [5.41, 5.74) is 1.35. The maximum Gasteiger partial charge on any atom is 0.305 e. The van der Waals surface area contributed by atoms with Crippen LogP contribution < -0.4 is 5.73 Å². The minimum absolute atomic E-state index is 0.0296. The molecule has 1 aromatic carbocycles. The number of hydrogen-bond acceptors (Lipinski definition) is 11. The number of nitrogens with zero attached hydrogens (tertiary/aromatic N) is 1. The molecule has 12 heteroatoms. The summed E-state index contributed by atoms with van der Waals surface area (Å²) in [6.45, 7) is 5.91. The summed E-state index contributed by atoms with van der Waals surface area (Å²) >= 11 is 0. The zero-order valence-corrected chi connectivity index (χ0v) is 24.3. The first-order valence-corrected chi connectivity index (χ1v) is 13.9. The highest BCUT2D eigenvalue weighted by Gasteiger charge is 2.69. The molecule has 1 amide bonds. The maximum atomic E-state index is 14.4. The zero-order valence-electron chi connectivity index (χ0n) is 24.3. The molecule has 0 aliphatic heterocycles. The van der Waals surface area contributed by atoms with Crippen LogP contribution in [-0.4, -0.2) is 93.8 Å². The molecule has 1 unspecified atom stereocenters. The van der Waals surface area contributed by atoms with Gasteiger partial charge in [-0.15, -0.1) is 0 Å². The smallest absolute Gasteiger partial charge is 0.305 e. The quantitative estimate of drug-likeness (QED) is 0.160. The highest BCUT2D eigenvalue weighted by atomic mass is 16.5. The number of ether oxygens (including phenoxy) is 2. The first-order chi connectivity index (χ1) is 19.7. The van der Waals surface area contributed by atoms with Crippen LogP contribution in [0.1, 0.15) is 50.7 Å². The lowest BCUT2D eigenvalue weighted by atomic mass is 9.54. The number of carbonyl (C=O) groups is 4. The van der Waals surface area contributed by atoms with E-state index < -0.39 is 81.6 Å². The van der Waals surface area contributed by atoms with E-state index in [-0.39, 0.29) is 24.3 Å². The van der Waals surface area contributed by atoms with Crippen LogP contribution in [-0.2, 0) is 28.7 Å². The summed E-state index contributed by atoms with van der Waals surface area (Å²) in [6.07, 6.45) is -0.853. The predicted molar refractivity (Wildman–Crippen MR) is 149 cm³/mol. The Balaban J connectivity index is 2.04. The Bertz CT molecular complexity index is 1380. The van der Waals surface area contributed by atoms with E-state index in [1.54, 1.807) is 12.1 Å². The van der Waals surface area contributed by atoms with Crippen molar-refractivity contribution >= 4 is 29.2 Å². The summed E-state index contributed by atoms with van der Waals surface area (Å²) in [4.78, 5) is 54.5. The summed E-state index contributed by atoms with van der Waals surface area (Å²) in [7, 11) is 2.94. The first kappa shape index (κ1) is 31.2. The average molecular weight is 587 g/mol.